The van der Waals surface area contributed by atoms with Gasteiger partial charge in [-0.3, -0.25) is 4.79 Å². The molecule has 2 rings (SSSR count). The molecule has 0 unspecified atom stereocenters. The lowest BCUT2D eigenvalue weighted by Gasteiger charge is -2.35. The van der Waals surface area contributed by atoms with Crippen LogP contribution in [0.2, 0.25) is 0 Å². The fourth-order valence-corrected chi connectivity index (χ4v) is 3.88. The summed E-state index contributed by atoms with van der Waals surface area (Å²) in [5.74, 6) is 3.30. The van der Waals surface area contributed by atoms with Crippen LogP contribution in [-0.4, -0.2) is 5.78 Å². The Morgan fingerprint density at radius 1 is 1.00 bits per heavy atom. The molecule has 0 saturated heterocycles. The Morgan fingerprint density at radius 2 is 1.61 bits per heavy atom. The number of allylic oxidation sites excluding steroid dienone is 2. The maximum atomic E-state index is 11.3. The lowest BCUT2D eigenvalue weighted by molar-refractivity contribution is -0.121. The van der Waals surface area contributed by atoms with E-state index >= 15 is 0 Å². The van der Waals surface area contributed by atoms with Gasteiger partial charge in [0.1, 0.15) is 5.78 Å². The van der Waals surface area contributed by atoms with Crippen LogP contribution >= 0.6 is 0 Å². The van der Waals surface area contributed by atoms with E-state index in [-0.39, 0.29) is 0 Å². The van der Waals surface area contributed by atoms with E-state index < -0.39 is 0 Å². The number of hydrogen-bond acceptors (Lipinski definition) is 1. The van der Waals surface area contributed by atoms with Crippen molar-refractivity contribution in [3.05, 3.63) is 12.2 Å². The number of carbonyl (C=O) groups excluding carboxylic acids is 1. The first-order valence-corrected chi connectivity index (χ1v) is 7.92. The molecule has 2 aliphatic carbocycles. The summed E-state index contributed by atoms with van der Waals surface area (Å²) in [7, 11) is 0. The van der Waals surface area contributed by atoms with Crippen LogP contribution in [0.4, 0.5) is 0 Å². The summed E-state index contributed by atoms with van der Waals surface area (Å²) in [6.07, 6.45) is 17.0. The predicted octanol–water partition coefficient (Wildman–Crippen LogP) is 4.91. The summed E-state index contributed by atoms with van der Waals surface area (Å²) in [5.41, 5.74) is 0. The zero-order valence-electron chi connectivity index (χ0n) is 11.9. The molecule has 0 bridgehead atoms. The third-order valence-corrected chi connectivity index (χ3v) is 5.12. The van der Waals surface area contributed by atoms with Gasteiger partial charge in [0, 0.05) is 12.8 Å². The van der Waals surface area contributed by atoms with Gasteiger partial charge in [-0.15, -0.1) is 0 Å². The van der Waals surface area contributed by atoms with Crippen molar-refractivity contribution in [2.45, 2.75) is 71.1 Å². The third-order valence-electron chi connectivity index (χ3n) is 5.12. The smallest absolute Gasteiger partial charge is 0.132 e. The quantitative estimate of drug-likeness (QED) is 0.646. The number of rotatable bonds is 4. The molecule has 0 aliphatic heterocycles. The first kappa shape index (κ1) is 13.8. The largest absolute Gasteiger partial charge is 0.300 e. The molecule has 0 aromatic carbocycles. The van der Waals surface area contributed by atoms with E-state index in [2.05, 4.69) is 19.1 Å². The minimum atomic E-state index is 0.506. The molecule has 0 aromatic heterocycles. The van der Waals surface area contributed by atoms with Crippen LogP contribution in [0.3, 0.4) is 0 Å². The highest BCUT2D eigenvalue weighted by atomic mass is 16.1. The van der Waals surface area contributed by atoms with Crippen LogP contribution in [0.15, 0.2) is 12.2 Å². The second kappa shape index (κ2) is 7.11. The number of carbonyl (C=O) groups is 1. The van der Waals surface area contributed by atoms with Gasteiger partial charge in [-0.25, -0.2) is 0 Å². The van der Waals surface area contributed by atoms with Crippen LogP contribution in [0.1, 0.15) is 71.1 Å². The van der Waals surface area contributed by atoms with E-state index in [9.17, 15) is 4.79 Å². The van der Waals surface area contributed by atoms with Gasteiger partial charge < -0.3 is 0 Å². The van der Waals surface area contributed by atoms with Gasteiger partial charge in [-0.05, 0) is 63.2 Å². The second-order valence-electron chi connectivity index (χ2n) is 6.30. The van der Waals surface area contributed by atoms with Crippen LogP contribution in [0.5, 0.6) is 0 Å². The van der Waals surface area contributed by atoms with Crippen LogP contribution in [-0.2, 0) is 4.79 Å². The maximum absolute atomic E-state index is 11.3. The molecule has 0 amide bonds. The van der Waals surface area contributed by atoms with Gasteiger partial charge in [0.2, 0.25) is 0 Å². The summed E-state index contributed by atoms with van der Waals surface area (Å²) >= 11 is 0. The lowest BCUT2D eigenvalue weighted by Crippen LogP contribution is -2.25. The molecule has 0 radical (unpaired) electrons. The molecule has 0 aromatic rings. The topological polar surface area (TPSA) is 17.1 Å². The fourth-order valence-electron chi connectivity index (χ4n) is 3.88. The molecule has 0 heterocycles. The molecule has 2 saturated carbocycles. The molecule has 102 valence electrons. The standard InChI is InChI=1S/C17H28O/c1-2-3-4-5-14-6-8-15(9-7-14)16-10-12-17(18)13-11-16/h2-3,14-16H,4-13H2,1H3. The lowest BCUT2D eigenvalue weighted by atomic mass is 9.70. The van der Waals surface area contributed by atoms with Crippen LogP contribution in [0, 0.1) is 17.8 Å². The minimum absolute atomic E-state index is 0.506. The fraction of sp³-hybridized carbons (Fsp3) is 0.824. The minimum Gasteiger partial charge on any atom is -0.300 e. The van der Waals surface area contributed by atoms with Crippen molar-refractivity contribution in [3.63, 3.8) is 0 Å². The number of ketones is 1. The van der Waals surface area contributed by atoms with Crippen molar-refractivity contribution in [3.8, 4) is 0 Å². The average Bonchev–Trinajstić information content (AvgIpc) is 2.41. The predicted molar refractivity (Wildman–Crippen MR) is 76.5 cm³/mol. The van der Waals surface area contributed by atoms with E-state index in [1.54, 1.807) is 0 Å². The van der Waals surface area contributed by atoms with Crippen molar-refractivity contribution in [2.24, 2.45) is 17.8 Å². The normalized spacial score (nSPS) is 31.1. The van der Waals surface area contributed by atoms with Gasteiger partial charge in [0.25, 0.3) is 0 Å². The zero-order chi connectivity index (χ0) is 12.8. The van der Waals surface area contributed by atoms with E-state index in [0.717, 1.165) is 30.6 Å². The highest BCUT2D eigenvalue weighted by molar-refractivity contribution is 5.79. The van der Waals surface area contributed by atoms with Crippen molar-refractivity contribution < 1.29 is 4.79 Å². The SMILES string of the molecule is CC=CCCC1CCC(C2CCC(=O)CC2)CC1. The molecule has 2 aliphatic rings. The Bertz CT molecular complexity index is 274. The Kier molecular flexibility index (Phi) is 5.46. The molecular weight excluding hydrogens is 220 g/mol. The van der Waals surface area contributed by atoms with Crippen molar-refractivity contribution in [2.75, 3.05) is 0 Å². The first-order valence-electron chi connectivity index (χ1n) is 7.92. The Hall–Kier alpha value is -0.590. The molecule has 0 atom stereocenters. The molecule has 2 fully saturated rings. The van der Waals surface area contributed by atoms with Gasteiger partial charge in [-0.2, -0.15) is 0 Å². The third kappa shape index (κ3) is 3.96. The highest BCUT2D eigenvalue weighted by Crippen LogP contribution is 2.40. The number of Topliss-reactive ketones (excluding diaryl/α,β-unsaturated/α-hetero) is 1. The molecule has 1 nitrogen and oxygen atoms in total. The molecule has 18 heavy (non-hydrogen) atoms. The molecule has 1 heteroatoms. The molecule has 0 spiro atoms. The van der Waals surface area contributed by atoms with E-state index in [4.69, 9.17) is 0 Å². The summed E-state index contributed by atoms with van der Waals surface area (Å²) in [6, 6.07) is 0. The molecular formula is C17H28O. The summed E-state index contributed by atoms with van der Waals surface area (Å²) in [6.45, 7) is 2.11. The van der Waals surface area contributed by atoms with E-state index in [1.165, 1.54) is 51.4 Å². The highest BCUT2D eigenvalue weighted by Gasteiger charge is 2.29. The van der Waals surface area contributed by atoms with Crippen molar-refractivity contribution >= 4 is 5.78 Å². The Labute approximate surface area is 112 Å². The van der Waals surface area contributed by atoms with Gasteiger partial charge >= 0.3 is 0 Å². The van der Waals surface area contributed by atoms with Crippen LogP contribution in [0.25, 0.3) is 0 Å². The Balaban J connectivity index is 1.68. The zero-order valence-corrected chi connectivity index (χ0v) is 11.9. The first-order chi connectivity index (χ1) is 8.79. The summed E-state index contributed by atoms with van der Waals surface area (Å²) < 4.78 is 0. The van der Waals surface area contributed by atoms with E-state index in [0.29, 0.717) is 5.78 Å². The van der Waals surface area contributed by atoms with Crippen molar-refractivity contribution in [1.82, 2.24) is 0 Å². The van der Waals surface area contributed by atoms with Gasteiger partial charge in [0.15, 0.2) is 0 Å². The van der Waals surface area contributed by atoms with Crippen LogP contribution < -0.4 is 0 Å². The van der Waals surface area contributed by atoms with E-state index in [1.807, 2.05) is 0 Å². The second-order valence-corrected chi connectivity index (χ2v) is 6.30. The number of hydrogen-bond donors (Lipinski definition) is 0. The monoisotopic (exact) mass is 248 g/mol. The van der Waals surface area contributed by atoms with Gasteiger partial charge in [-0.1, -0.05) is 25.0 Å². The maximum Gasteiger partial charge on any atom is 0.132 e. The summed E-state index contributed by atoms with van der Waals surface area (Å²) in [4.78, 5) is 11.3. The average molecular weight is 248 g/mol. The van der Waals surface area contributed by atoms with Gasteiger partial charge in [0.05, 0.1) is 0 Å². The Morgan fingerprint density at radius 3 is 2.22 bits per heavy atom. The van der Waals surface area contributed by atoms with Crippen molar-refractivity contribution in [1.29, 1.82) is 0 Å². The molecule has 0 N–H and O–H groups in total. The summed E-state index contributed by atoms with van der Waals surface area (Å²) in [5, 5.41) is 0.